The number of Topliss-reactive ketones (excluding diaryl/α,β-unsaturated/α-hetero) is 1. The second-order valence-electron chi connectivity index (χ2n) is 3.36. The predicted molar refractivity (Wildman–Crippen MR) is 58.4 cm³/mol. The number of halogens is 1. The molecular formula is C11H13BrO. The van der Waals surface area contributed by atoms with Gasteiger partial charge in [0, 0.05) is 10.0 Å². The highest BCUT2D eigenvalue weighted by atomic mass is 79.9. The summed E-state index contributed by atoms with van der Waals surface area (Å²) in [5.41, 5.74) is 4.14. The summed E-state index contributed by atoms with van der Waals surface area (Å²) in [4.78, 5) is 11.4. The van der Waals surface area contributed by atoms with Gasteiger partial charge in [0.05, 0.1) is 0 Å². The largest absolute Gasteiger partial charge is 0.294 e. The van der Waals surface area contributed by atoms with Crippen LogP contribution in [0.1, 0.15) is 34.0 Å². The molecule has 1 nitrogen and oxygen atoms in total. The van der Waals surface area contributed by atoms with Gasteiger partial charge in [-0.2, -0.15) is 0 Å². The van der Waals surface area contributed by atoms with Crippen molar-refractivity contribution >= 4 is 21.7 Å². The van der Waals surface area contributed by atoms with Crippen molar-refractivity contribution in [1.82, 2.24) is 0 Å². The smallest absolute Gasteiger partial charge is 0.160 e. The van der Waals surface area contributed by atoms with Gasteiger partial charge in [-0.3, -0.25) is 4.79 Å². The molecule has 0 fully saturated rings. The van der Waals surface area contributed by atoms with Crippen LogP contribution in [0.25, 0.3) is 0 Å². The third-order valence-electron chi connectivity index (χ3n) is 2.40. The molecular weight excluding hydrogens is 228 g/mol. The van der Waals surface area contributed by atoms with Crippen LogP contribution in [0, 0.1) is 20.8 Å². The molecule has 13 heavy (non-hydrogen) atoms. The van der Waals surface area contributed by atoms with E-state index in [1.165, 1.54) is 0 Å². The zero-order chi connectivity index (χ0) is 10.2. The molecule has 0 saturated heterocycles. The van der Waals surface area contributed by atoms with Gasteiger partial charge in [0.15, 0.2) is 5.78 Å². The molecule has 0 aliphatic heterocycles. The third-order valence-corrected chi connectivity index (χ3v) is 3.22. The summed E-state index contributed by atoms with van der Waals surface area (Å²) in [5.74, 6) is 0.138. The van der Waals surface area contributed by atoms with Crippen molar-refractivity contribution in [1.29, 1.82) is 0 Å². The highest BCUT2D eigenvalue weighted by Crippen LogP contribution is 2.26. The van der Waals surface area contributed by atoms with E-state index >= 15 is 0 Å². The van der Waals surface area contributed by atoms with Crippen LogP contribution < -0.4 is 0 Å². The van der Waals surface area contributed by atoms with Gasteiger partial charge in [-0.15, -0.1) is 0 Å². The summed E-state index contributed by atoms with van der Waals surface area (Å²) in [6.45, 7) is 7.59. The Balaban J connectivity index is 3.56. The molecule has 0 unspecified atom stereocenters. The van der Waals surface area contributed by atoms with Crippen LogP contribution in [0.5, 0.6) is 0 Å². The fourth-order valence-electron chi connectivity index (χ4n) is 1.53. The molecule has 0 N–H and O–H groups in total. The van der Waals surface area contributed by atoms with Crippen LogP contribution in [0.4, 0.5) is 0 Å². The molecule has 1 aromatic carbocycles. The average molecular weight is 241 g/mol. The van der Waals surface area contributed by atoms with Crippen LogP contribution in [-0.4, -0.2) is 5.78 Å². The first kappa shape index (κ1) is 10.5. The van der Waals surface area contributed by atoms with Crippen LogP contribution in [0.2, 0.25) is 0 Å². The van der Waals surface area contributed by atoms with E-state index in [0.29, 0.717) is 0 Å². The van der Waals surface area contributed by atoms with Crippen LogP contribution in [0.15, 0.2) is 10.5 Å². The number of carbonyl (C=O) groups excluding carboxylic acids is 1. The van der Waals surface area contributed by atoms with E-state index in [4.69, 9.17) is 0 Å². The van der Waals surface area contributed by atoms with Gasteiger partial charge < -0.3 is 0 Å². The van der Waals surface area contributed by atoms with E-state index in [9.17, 15) is 4.79 Å². The van der Waals surface area contributed by atoms with Gasteiger partial charge in [0.1, 0.15) is 0 Å². The number of aryl methyl sites for hydroxylation is 1. The highest BCUT2D eigenvalue weighted by Gasteiger charge is 2.12. The summed E-state index contributed by atoms with van der Waals surface area (Å²) in [6, 6.07) is 2.05. The van der Waals surface area contributed by atoms with Crippen LogP contribution >= 0.6 is 15.9 Å². The van der Waals surface area contributed by atoms with Crippen LogP contribution in [-0.2, 0) is 0 Å². The molecule has 2 heteroatoms. The summed E-state index contributed by atoms with van der Waals surface area (Å²) < 4.78 is 1.01. The Hall–Kier alpha value is -0.630. The second-order valence-corrected chi connectivity index (χ2v) is 4.21. The minimum Gasteiger partial charge on any atom is -0.294 e. The molecule has 1 aromatic rings. The van der Waals surface area contributed by atoms with E-state index < -0.39 is 0 Å². The number of benzene rings is 1. The van der Waals surface area contributed by atoms with E-state index in [0.717, 1.165) is 26.7 Å². The maximum absolute atomic E-state index is 11.4. The lowest BCUT2D eigenvalue weighted by Gasteiger charge is -2.11. The van der Waals surface area contributed by atoms with E-state index in [1.807, 2.05) is 20.8 Å². The molecule has 0 atom stereocenters. The van der Waals surface area contributed by atoms with Crippen molar-refractivity contribution in [2.24, 2.45) is 0 Å². The van der Waals surface area contributed by atoms with E-state index in [2.05, 4.69) is 22.0 Å². The molecule has 0 aromatic heterocycles. The number of ketones is 1. The van der Waals surface area contributed by atoms with Crippen molar-refractivity contribution in [3.8, 4) is 0 Å². The minimum absolute atomic E-state index is 0.138. The molecule has 0 saturated carbocycles. The Morgan fingerprint density at radius 2 is 1.77 bits per heavy atom. The molecule has 0 aliphatic rings. The monoisotopic (exact) mass is 240 g/mol. The normalized spacial score (nSPS) is 10.2. The van der Waals surface area contributed by atoms with Gasteiger partial charge >= 0.3 is 0 Å². The number of rotatable bonds is 1. The quantitative estimate of drug-likeness (QED) is 0.687. The molecule has 1 rings (SSSR count). The van der Waals surface area contributed by atoms with Gasteiger partial charge in [-0.05, 0) is 50.5 Å². The van der Waals surface area contributed by atoms with Gasteiger partial charge in [0.2, 0.25) is 0 Å². The maximum atomic E-state index is 11.4. The first-order valence-electron chi connectivity index (χ1n) is 4.22. The van der Waals surface area contributed by atoms with Gasteiger partial charge in [0.25, 0.3) is 0 Å². The first-order chi connectivity index (χ1) is 5.95. The molecule has 0 amide bonds. The lowest BCUT2D eigenvalue weighted by Crippen LogP contribution is -2.02. The van der Waals surface area contributed by atoms with E-state index in [-0.39, 0.29) is 5.78 Å². The predicted octanol–water partition coefficient (Wildman–Crippen LogP) is 3.58. The molecule has 0 heterocycles. The minimum atomic E-state index is 0.138. The topological polar surface area (TPSA) is 17.1 Å². The summed E-state index contributed by atoms with van der Waals surface area (Å²) in [7, 11) is 0. The first-order valence-corrected chi connectivity index (χ1v) is 5.01. The highest BCUT2D eigenvalue weighted by molar-refractivity contribution is 9.10. The fourth-order valence-corrected chi connectivity index (χ4v) is 2.07. The molecule has 0 aliphatic carbocycles. The molecule has 0 bridgehead atoms. The Labute approximate surface area is 87.3 Å². The fraction of sp³-hybridized carbons (Fsp3) is 0.364. The summed E-state index contributed by atoms with van der Waals surface area (Å²) >= 11 is 3.45. The number of carbonyl (C=O) groups is 1. The van der Waals surface area contributed by atoms with E-state index in [1.54, 1.807) is 6.92 Å². The lowest BCUT2D eigenvalue weighted by atomic mass is 9.96. The van der Waals surface area contributed by atoms with Gasteiger partial charge in [-0.1, -0.05) is 15.9 Å². The zero-order valence-corrected chi connectivity index (χ0v) is 9.95. The van der Waals surface area contributed by atoms with Crippen molar-refractivity contribution in [2.75, 3.05) is 0 Å². The van der Waals surface area contributed by atoms with Crippen molar-refractivity contribution in [2.45, 2.75) is 27.7 Å². The Bertz CT molecular complexity index is 341. The molecule has 0 spiro atoms. The molecule has 70 valence electrons. The van der Waals surface area contributed by atoms with Crippen molar-refractivity contribution < 1.29 is 4.79 Å². The zero-order valence-electron chi connectivity index (χ0n) is 8.36. The molecule has 0 radical (unpaired) electrons. The third kappa shape index (κ3) is 1.83. The summed E-state index contributed by atoms with van der Waals surface area (Å²) in [5, 5.41) is 0. The Morgan fingerprint density at radius 1 is 1.23 bits per heavy atom. The van der Waals surface area contributed by atoms with Crippen molar-refractivity contribution in [3.63, 3.8) is 0 Å². The standard InChI is InChI=1S/C11H13BrO/c1-6-5-10(12)8(3)11(7(6)2)9(4)13/h5H,1-4H3. The van der Waals surface area contributed by atoms with Crippen molar-refractivity contribution in [3.05, 3.63) is 32.8 Å². The lowest BCUT2D eigenvalue weighted by molar-refractivity contribution is 0.101. The second kappa shape index (κ2) is 3.62. The average Bonchev–Trinajstić information content (AvgIpc) is 2.01. The Morgan fingerprint density at radius 3 is 2.23 bits per heavy atom. The van der Waals surface area contributed by atoms with Gasteiger partial charge in [-0.25, -0.2) is 0 Å². The van der Waals surface area contributed by atoms with Crippen LogP contribution in [0.3, 0.4) is 0 Å². The Kier molecular flexibility index (Phi) is 2.91. The maximum Gasteiger partial charge on any atom is 0.160 e. The number of hydrogen-bond donors (Lipinski definition) is 0. The SMILES string of the molecule is CC(=O)c1c(C)c(C)cc(Br)c1C. The summed E-state index contributed by atoms with van der Waals surface area (Å²) in [6.07, 6.45) is 0. The number of hydrogen-bond acceptors (Lipinski definition) is 1.